The molecule has 0 saturated carbocycles. The van der Waals surface area contributed by atoms with Crippen LogP contribution < -0.4 is 0 Å². The number of rotatable bonds is 5. The fraction of sp³-hybridized carbons (Fsp3) is 0.700. The maximum absolute atomic E-state index is 11.5. The highest BCUT2D eigenvalue weighted by Crippen LogP contribution is 2.12. The molecule has 0 aromatic heterocycles. The van der Waals surface area contributed by atoms with Crippen LogP contribution in [0.25, 0.3) is 0 Å². The van der Waals surface area contributed by atoms with E-state index in [4.69, 9.17) is 5.11 Å². The number of aliphatic hydroxyl groups excluding tert-OH is 1. The number of allylic oxidation sites excluding steroid dienone is 1. The number of hydrogen-bond acceptors (Lipinski definition) is 2. The number of carbonyl (C=O) groups is 1. The molecule has 0 spiro atoms. The molecule has 0 aliphatic rings. The zero-order chi connectivity index (χ0) is 10.5. The molecule has 0 heterocycles. The summed E-state index contributed by atoms with van der Waals surface area (Å²) >= 11 is 0. The van der Waals surface area contributed by atoms with Crippen molar-refractivity contribution >= 4 is 5.91 Å². The molecule has 0 saturated heterocycles. The molecule has 0 radical (unpaired) electrons. The minimum absolute atomic E-state index is 0.0245. The van der Waals surface area contributed by atoms with Crippen LogP contribution in [0, 0.1) is 0 Å². The first kappa shape index (κ1) is 12.2. The summed E-state index contributed by atoms with van der Waals surface area (Å²) in [4.78, 5) is 13.1. The SMILES string of the molecule is C=CCCC(=O)N(C)C(C)(C)CO. The standard InChI is InChI=1S/C10H19NO2/c1-5-6-7-9(13)11(4)10(2,3)8-12/h5,12H,1,6-8H2,2-4H3. The lowest BCUT2D eigenvalue weighted by atomic mass is 10.0. The van der Waals surface area contributed by atoms with Gasteiger partial charge in [-0.15, -0.1) is 6.58 Å². The van der Waals surface area contributed by atoms with Gasteiger partial charge in [-0.2, -0.15) is 0 Å². The third kappa shape index (κ3) is 3.59. The second-order valence-electron chi connectivity index (χ2n) is 3.75. The van der Waals surface area contributed by atoms with Crippen LogP contribution in [-0.4, -0.2) is 35.1 Å². The van der Waals surface area contributed by atoms with Crippen molar-refractivity contribution in [1.29, 1.82) is 0 Å². The second kappa shape index (κ2) is 5.02. The summed E-state index contributed by atoms with van der Waals surface area (Å²) in [6.07, 6.45) is 2.87. The summed E-state index contributed by atoms with van der Waals surface area (Å²) in [6, 6.07) is 0. The topological polar surface area (TPSA) is 40.5 Å². The Balaban J connectivity index is 4.16. The predicted molar refractivity (Wildman–Crippen MR) is 53.4 cm³/mol. The van der Waals surface area contributed by atoms with Crippen molar-refractivity contribution in [1.82, 2.24) is 4.90 Å². The quantitative estimate of drug-likeness (QED) is 0.653. The molecule has 0 rings (SSSR count). The van der Waals surface area contributed by atoms with E-state index < -0.39 is 5.54 Å². The Hall–Kier alpha value is -0.830. The third-order valence-electron chi connectivity index (χ3n) is 2.23. The molecule has 0 aliphatic heterocycles. The van der Waals surface area contributed by atoms with E-state index in [1.54, 1.807) is 18.0 Å². The second-order valence-corrected chi connectivity index (χ2v) is 3.75. The molecule has 0 aromatic carbocycles. The van der Waals surface area contributed by atoms with Crippen molar-refractivity contribution in [3.63, 3.8) is 0 Å². The van der Waals surface area contributed by atoms with Crippen molar-refractivity contribution < 1.29 is 9.90 Å². The zero-order valence-electron chi connectivity index (χ0n) is 8.71. The summed E-state index contributed by atoms with van der Waals surface area (Å²) in [7, 11) is 1.71. The number of nitrogens with zero attached hydrogens (tertiary/aromatic N) is 1. The lowest BCUT2D eigenvalue weighted by molar-refractivity contribution is -0.135. The van der Waals surface area contributed by atoms with Gasteiger partial charge in [0.2, 0.25) is 5.91 Å². The molecular weight excluding hydrogens is 166 g/mol. The van der Waals surface area contributed by atoms with Crippen LogP contribution in [0.15, 0.2) is 12.7 Å². The summed E-state index contributed by atoms with van der Waals surface area (Å²) < 4.78 is 0. The van der Waals surface area contributed by atoms with Gasteiger partial charge in [0.05, 0.1) is 12.1 Å². The molecule has 1 N–H and O–H groups in total. The minimum Gasteiger partial charge on any atom is -0.394 e. The van der Waals surface area contributed by atoms with Crippen LogP contribution in [0.5, 0.6) is 0 Å². The van der Waals surface area contributed by atoms with E-state index in [1.165, 1.54) is 0 Å². The van der Waals surface area contributed by atoms with Gasteiger partial charge in [0.15, 0.2) is 0 Å². The average molecular weight is 185 g/mol. The largest absolute Gasteiger partial charge is 0.394 e. The van der Waals surface area contributed by atoms with E-state index in [9.17, 15) is 4.79 Å². The molecule has 0 bridgehead atoms. The Kier molecular flexibility index (Phi) is 4.70. The molecule has 0 aromatic rings. The third-order valence-corrected chi connectivity index (χ3v) is 2.23. The summed E-state index contributed by atoms with van der Waals surface area (Å²) in [5, 5.41) is 9.02. The predicted octanol–water partition coefficient (Wildman–Crippen LogP) is 1.18. The van der Waals surface area contributed by atoms with Gasteiger partial charge in [-0.1, -0.05) is 6.08 Å². The fourth-order valence-corrected chi connectivity index (χ4v) is 0.837. The number of carbonyl (C=O) groups excluding carboxylic acids is 1. The first-order valence-electron chi connectivity index (χ1n) is 4.44. The van der Waals surface area contributed by atoms with Gasteiger partial charge in [-0.25, -0.2) is 0 Å². The minimum atomic E-state index is -0.474. The Bertz CT molecular complexity index is 187. The molecule has 1 amide bonds. The number of amides is 1. The lowest BCUT2D eigenvalue weighted by Crippen LogP contribution is -2.47. The van der Waals surface area contributed by atoms with Gasteiger partial charge in [-0.3, -0.25) is 4.79 Å². The van der Waals surface area contributed by atoms with Crippen LogP contribution in [-0.2, 0) is 4.79 Å². The molecule has 0 atom stereocenters. The highest BCUT2D eigenvalue weighted by molar-refractivity contribution is 5.76. The van der Waals surface area contributed by atoms with Gasteiger partial charge >= 0.3 is 0 Å². The zero-order valence-corrected chi connectivity index (χ0v) is 8.71. The summed E-state index contributed by atoms with van der Waals surface area (Å²) in [5.74, 6) is 0.0407. The maximum Gasteiger partial charge on any atom is 0.223 e. The maximum atomic E-state index is 11.5. The Morgan fingerprint density at radius 1 is 1.62 bits per heavy atom. The van der Waals surface area contributed by atoms with Gasteiger partial charge in [0, 0.05) is 13.5 Å². The highest BCUT2D eigenvalue weighted by Gasteiger charge is 2.25. The van der Waals surface area contributed by atoms with Crippen LogP contribution >= 0.6 is 0 Å². The van der Waals surface area contributed by atoms with E-state index in [1.807, 2.05) is 13.8 Å². The van der Waals surface area contributed by atoms with E-state index in [0.29, 0.717) is 12.8 Å². The number of hydrogen-bond donors (Lipinski definition) is 1. The van der Waals surface area contributed by atoms with E-state index in [0.717, 1.165) is 0 Å². The highest BCUT2D eigenvalue weighted by atomic mass is 16.3. The van der Waals surface area contributed by atoms with Gasteiger partial charge in [0.25, 0.3) is 0 Å². The fourth-order valence-electron chi connectivity index (χ4n) is 0.837. The van der Waals surface area contributed by atoms with Crippen molar-refractivity contribution in [3.05, 3.63) is 12.7 Å². The van der Waals surface area contributed by atoms with E-state index in [-0.39, 0.29) is 12.5 Å². The van der Waals surface area contributed by atoms with Crippen LogP contribution in [0.4, 0.5) is 0 Å². The molecule has 3 heteroatoms. The Labute approximate surface area is 80.0 Å². The van der Waals surface area contributed by atoms with Crippen LogP contribution in [0.2, 0.25) is 0 Å². The number of likely N-dealkylation sites (N-methyl/N-ethyl adjacent to an activating group) is 1. The first-order valence-corrected chi connectivity index (χ1v) is 4.44. The van der Waals surface area contributed by atoms with Gasteiger partial charge in [-0.05, 0) is 20.3 Å². The molecule has 3 nitrogen and oxygen atoms in total. The normalized spacial score (nSPS) is 11.1. The lowest BCUT2D eigenvalue weighted by Gasteiger charge is -2.33. The first-order chi connectivity index (χ1) is 5.95. The Morgan fingerprint density at radius 2 is 2.15 bits per heavy atom. The van der Waals surface area contributed by atoms with Crippen molar-refractivity contribution in [2.24, 2.45) is 0 Å². The van der Waals surface area contributed by atoms with Gasteiger partial charge in [0.1, 0.15) is 0 Å². The van der Waals surface area contributed by atoms with Gasteiger partial charge < -0.3 is 10.0 Å². The Morgan fingerprint density at radius 3 is 2.54 bits per heavy atom. The van der Waals surface area contributed by atoms with Crippen LogP contribution in [0.1, 0.15) is 26.7 Å². The molecule has 13 heavy (non-hydrogen) atoms. The van der Waals surface area contributed by atoms with Crippen molar-refractivity contribution in [2.75, 3.05) is 13.7 Å². The van der Waals surface area contributed by atoms with E-state index in [2.05, 4.69) is 6.58 Å². The summed E-state index contributed by atoms with van der Waals surface area (Å²) in [6.45, 7) is 7.19. The molecule has 0 fully saturated rings. The molecule has 0 unspecified atom stereocenters. The smallest absolute Gasteiger partial charge is 0.223 e. The monoisotopic (exact) mass is 185 g/mol. The molecule has 0 aliphatic carbocycles. The molecule has 76 valence electrons. The van der Waals surface area contributed by atoms with Crippen LogP contribution in [0.3, 0.4) is 0 Å². The van der Waals surface area contributed by atoms with Crippen molar-refractivity contribution in [2.45, 2.75) is 32.2 Å². The number of aliphatic hydroxyl groups is 1. The van der Waals surface area contributed by atoms with E-state index >= 15 is 0 Å². The molecular formula is C10H19NO2. The average Bonchev–Trinajstić information content (AvgIpc) is 2.12. The summed E-state index contributed by atoms with van der Waals surface area (Å²) in [5.41, 5.74) is -0.474. The van der Waals surface area contributed by atoms with Crippen molar-refractivity contribution in [3.8, 4) is 0 Å².